The second-order valence-electron chi connectivity index (χ2n) is 6.21. The average molecular weight is 335 g/mol. The van der Waals surface area contributed by atoms with Gasteiger partial charge in [0, 0.05) is 41.7 Å². The molecule has 2 aromatic heterocycles. The lowest BCUT2D eigenvalue weighted by Gasteiger charge is -2.10. The number of ketones is 1. The Hall–Kier alpha value is -2.88. The summed E-state index contributed by atoms with van der Waals surface area (Å²) < 4.78 is 9.30. The van der Waals surface area contributed by atoms with Gasteiger partial charge in [0.1, 0.15) is 5.75 Å². The summed E-state index contributed by atoms with van der Waals surface area (Å²) in [6.45, 7) is 6.37. The van der Waals surface area contributed by atoms with Crippen LogP contribution in [0.15, 0.2) is 54.7 Å². The van der Waals surface area contributed by atoms with Crippen molar-refractivity contribution in [3.63, 3.8) is 0 Å². The molecule has 0 aliphatic carbocycles. The fraction of sp³-hybridized carbons (Fsp3) is 0.238. The summed E-state index contributed by atoms with van der Waals surface area (Å²) in [6.07, 6.45) is 1.94. The maximum absolute atomic E-state index is 12.8. The van der Waals surface area contributed by atoms with E-state index in [1.807, 2.05) is 80.1 Å². The minimum absolute atomic E-state index is 0.118. The number of carbonyl (C=O) groups is 1. The van der Waals surface area contributed by atoms with Crippen molar-refractivity contribution in [2.75, 3.05) is 7.11 Å². The number of nitrogens with zero attached hydrogens (tertiary/aromatic N) is 2. The van der Waals surface area contributed by atoms with E-state index in [9.17, 15) is 4.79 Å². The molecule has 0 radical (unpaired) electrons. The fourth-order valence-electron chi connectivity index (χ4n) is 3.15. The Morgan fingerprint density at radius 3 is 2.44 bits per heavy atom. The molecule has 0 unspecified atom stereocenters. The van der Waals surface area contributed by atoms with Gasteiger partial charge in [0.05, 0.1) is 7.11 Å². The van der Waals surface area contributed by atoms with Crippen molar-refractivity contribution in [3.8, 4) is 11.4 Å². The van der Waals surface area contributed by atoms with Gasteiger partial charge in [0.25, 0.3) is 0 Å². The van der Waals surface area contributed by atoms with Gasteiger partial charge in [-0.3, -0.25) is 4.79 Å². The summed E-state index contributed by atoms with van der Waals surface area (Å²) in [5.74, 6) is 0.936. The Kier molecular flexibility index (Phi) is 4.70. The number of hydrogen-bond acceptors (Lipinski definition) is 2. The van der Waals surface area contributed by atoms with E-state index in [-0.39, 0.29) is 5.78 Å². The molecule has 0 aliphatic heterocycles. The topological polar surface area (TPSA) is 35.1 Å². The Balaban J connectivity index is 1.93. The van der Waals surface area contributed by atoms with E-state index in [4.69, 9.17) is 4.74 Å². The van der Waals surface area contributed by atoms with Gasteiger partial charge in [0.15, 0.2) is 11.9 Å². The summed E-state index contributed by atoms with van der Waals surface area (Å²) in [7, 11) is 1.65. The molecule has 0 bridgehead atoms. The van der Waals surface area contributed by atoms with Crippen molar-refractivity contribution in [1.82, 2.24) is 4.57 Å². The van der Waals surface area contributed by atoms with Crippen molar-refractivity contribution in [2.45, 2.75) is 27.3 Å². The lowest BCUT2D eigenvalue weighted by molar-refractivity contribution is -0.689. The summed E-state index contributed by atoms with van der Waals surface area (Å²) in [6, 6.07) is 15.8. The number of aryl methyl sites for hydroxylation is 2. The van der Waals surface area contributed by atoms with Crippen molar-refractivity contribution < 1.29 is 14.1 Å². The second kappa shape index (κ2) is 6.93. The molecule has 0 saturated carbocycles. The zero-order valence-electron chi connectivity index (χ0n) is 15.1. The Morgan fingerprint density at radius 1 is 1.08 bits per heavy atom. The van der Waals surface area contributed by atoms with E-state index in [2.05, 4.69) is 4.57 Å². The zero-order chi connectivity index (χ0) is 18.0. The Labute approximate surface area is 148 Å². The van der Waals surface area contributed by atoms with E-state index in [0.29, 0.717) is 6.54 Å². The van der Waals surface area contributed by atoms with Gasteiger partial charge in [-0.05, 0) is 44.2 Å². The highest BCUT2D eigenvalue weighted by molar-refractivity contribution is 5.96. The van der Waals surface area contributed by atoms with Crippen LogP contribution in [0.3, 0.4) is 0 Å². The maximum atomic E-state index is 12.8. The van der Waals surface area contributed by atoms with Crippen LogP contribution in [0, 0.1) is 20.8 Å². The van der Waals surface area contributed by atoms with Crippen LogP contribution in [0.1, 0.15) is 27.4 Å². The number of hydrogen-bond donors (Lipinski definition) is 0. The third kappa shape index (κ3) is 3.33. The van der Waals surface area contributed by atoms with Crippen LogP contribution in [0.5, 0.6) is 5.75 Å². The smallest absolute Gasteiger partial charge is 0.229 e. The molecule has 3 aromatic rings. The molecule has 0 amide bonds. The Morgan fingerprint density at radius 2 is 1.80 bits per heavy atom. The minimum atomic E-state index is 0.118. The molecule has 128 valence electrons. The van der Waals surface area contributed by atoms with Gasteiger partial charge in [-0.25, -0.2) is 0 Å². The number of rotatable bonds is 5. The molecular formula is C21H23N2O2+. The van der Waals surface area contributed by atoms with E-state index in [1.54, 1.807) is 7.11 Å². The third-order valence-corrected chi connectivity index (χ3v) is 4.54. The number of methoxy groups -OCH3 is 1. The molecule has 3 rings (SSSR count). The quantitative estimate of drug-likeness (QED) is 0.528. The van der Waals surface area contributed by atoms with Crippen LogP contribution < -0.4 is 9.30 Å². The van der Waals surface area contributed by atoms with Crippen molar-refractivity contribution >= 4 is 5.78 Å². The highest BCUT2D eigenvalue weighted by Crippen LogP contribution is 2.23. The van der Waals surface area contributed by atoms with Gasteiger partial charge in [-0.2, -0.15) is 4.57 Å². The molecule has 4 nitrogen and oxygen atoms in total. The molecule has 4 heteroatoms. The SMILES string of the molecule is COc1ccc(-n2c(C)cc(C(=O)C[n+]3ccccc3C)c2C)cc1. The molecule has 0 aliphatic rings. The maximum Gasteiger partial charge on any atom is 0.229 e. The van der Waals surface area contributed by atoms with Gasteiger partial charge in [0.2, 0.25) is 12.3 Å². The van der Waals surface area contributed by atoms with Gasteiger partial charge in [-0.1, -0.05) is 6.07 Å². The summed E-state index contributed by atoms with van der Waals surface area (Å²) >= 11 is 0. The number of ether oxygens (including phenoxy) is 1. The summed E-state index contributed by atoms with van der Waals surface area (Å²) in [5.41, 5.74) is 4.87. The summed E-state index contributed by atoms with van der Waals surface area (Å²) in [5, 5.41) is 0. The predicted octanol–water partition coefficient (Wildman–Crippen LogP) is 3.58. The molecule has 0 atom stereocenters. The third-order valence-electron chi connectivity index (χ3n) is 4.54. The number of Topliss-reactive ketones (excluding diaryl/α,β-unsaturated/α-hetero) is 1. The first-order valence-electron chi connectivity index (χ1n) is 8.33. The van der Waals surface area contributed by atoms with Gasteiger partial charge in [-0.15, -0.1) is 0 Å². The number of carbonyl (C=O) groups excluding carboxylic acids is 1. The average Bonchev–Trinajstić information content (AvgIpc) is 2.91. The monoisotopic (exact) mass is 335 g/mol. The van der Waals surface area contributed by atoms with Crippen LogP contribution >= 0.6 is 0 Å². The molecular weight excluding hydrogens is 312 g/mol. The standard InChI is InChI=1S/C21H23N2O2/c1-15-7-5-6-12-22(15)14-21(24)20-13-16(2)23(17(20)3)18-8-10-19(25-4)11-9-18/h5-13H,14H2,1-4H3/q+1. The first-order chi connectivity index (χ1) is 12.0. The molecule has 25 heavy (non-hydrogen) atoms. The molecule has 1 aromatic carbocycles. The Bertz CT molecular complexity index is 908. The van der Waals surface area contributed by atoms with Gasteiger partial charge < -0.3 is 9.30 Å². The van der Waals surface area contributed by atoms with Crippen LogP contribution in [0.2, 0.25) is 0 Å². The predicted molar refractivity (Wildman–Crippen MR) is 97.5 cm³/mol. The highest BCUT2D eigenvalue weighted by Gasteiger charge is 2.20. The first-order valence-corrected chi connectivity index (χ1v) is 8.33. The second-order valence-corrected chi connectivity index (χ2v) is 6.21. The van der Waals surface area contributed by atoms with Crippen LogP contribution in [-0.2, 0) is 6.54 Å². The number of pyridine rings is 1. The van der Waals surface area contributed by atoms with Crippen molar-refractivity contribution in [2.24, 2.45) is 0 Å². The lowest BCUT2D eigenvalue weighted by Crippen LogP contribution is -2.40. The molecule has 0 spiro atoms. The molecule has 0 N–H and O–H groups in total. The van der Waals surface area contributed by atoms with E-state index in [0.717, 1.165) is 34.1 Å². The first kappa shape index (κ1) is 17.0. The van der Waals surface area contributed by atoms with E-state index in [1.165, 1.54) is 0 Å². The van der Waals surface area contributed by atoms with Crippen LogP contribution in [0.4, 0.5) is 0 Å². The van der Waals surface area contributed by atoms with Gasteiger partial charge >= 0.3 is 0 Å². The number of benzene rings is 1. The normalized spacial score (nSPS) is 10.7. The van der Waals surface area contributed by atoms with Crippen LogP contribution in [-0.4, -0.2) is 17.5 Å². The molecule has 2 heterocycles. The zero-order valence-corrected chi connectivity index (χ0v) is 15.1. The highest BCUT2D eigenvalue weighted by atomic mass is 16.5. The molecule has 0 saturated heterocycles. The van der Waals surface area contributed by atoms with Crippen molar-refractivity contribution in [3.05, 3.63) is 77.4 Å². The minimum Gasteiger partial charge on any atom is -0.497 e. The van der Waals surface area contributed by atoms with E-state index < -0.39 is 0 Å². The summed E-state index contributed by atoms with van der Waals surface area (Å²) in [4.78, 5) is 12.8. The fourth-order valence-corrected chi connectivity index (χ4v) is 3.15. The number of aromatic nitrogens is 2. The van der Waals surface area contributed by atoms with Crippen LogP contribution in [0.25, 0.3) is 5.69 Å². The largest absolute Gasteiger partial charge is 0.497 e. The lowest BCUT2D eigenvalue weighted by atomic mass is 10.1. The molecule has 0 fully saturated rings. The van der Waals surface area contributed by atoms with E-state index >= 15 is 0 Å². The van der Waals surface area contributed by atoms with Crippen molar-refractivity contribution in [1.29, 1.82) is 0 Å².